The van der Waals surface area contributed by atoms with E-state index in [0.29, 0.717) is 19.8 Å². The fourth-order valence-electron chi connectivity index (χ4n) is 2.53. The van der Waals surface area contributed by atoms with E-state index in [1.165, 1.54) is 0 Å². The van der Waals surface area contributed by atoms with E-state index < -0.39 is 0 Å². The van der Waals surface area contributed by atoms with Gasteiger partial charge in [-0.1, -0.05) is 36.5 Å². The molecule has 0 aromatic heterocycles. The number of benzene rings is 1. The predicted molar refractivity (Wildman–Crippen MR) is 107 cm³/mol. The molecule has 0 radical (unpaired) electrons. The van der Waals surface area contributed by atoms with Crippen molar-refractivity contribution in [1.29, 1.82) is 0 Å². The Kier molecular flexibility index (Phi) is 12.2. The molecule has 0 saturated heterocycles. The zero-order valence-corrected chi connectivity index (χ0v) is 17.1. The molecular formula is C20H28Cl2O4. The fourth-order valence-corrected chi connectivity index (χ4v) is 2.66. The van der Waals surface area contributed by atoms with Crippen molar-refractivity contribution in [2.45, 2.75) is 46.0 Å². The van der Waals surface area contributed by atoms with Gasteiger partial charge in [0.05, 0.1) is 6.61 Å². The molecule has 0 saturated carbocycles. The molecule has 0 spiro atoms. The van der Waals surface area contributed by atoms with Gasteiger partial charge >= 0.3 is 0 Å². The van der Waals surface area contributed by atoms with Crippen LogP contribution in [0, 0.1) is 6.92 Å². The molecule has 1 rings (SSSR count). The maximum absolute atomic E-state index is 10.1. The van der Waals surface area contributed by atoms with Crippen LogP contribution in [0.25, 0.3) is 0 Å². The Hall–Kier alpha value is -1.23. The van der Waals surface area contributed by atoms with Gasteiger partial charge in [0.1, 0.15) is 35.5 Å². The van der Waals surface area contributed by atoms with Crippen molar-refractivity contribution in [1.82, 2.24) is 0 Å². The van der Waals surface area contributed by atoms with Crippen LogP contribution in [0.3, 0.4) is 0 Å². The van der Waals surface area contributed by atoms with Crippen molar-refractivity contribution in [2.24, 2.45) is 0 Å². The Morgan fingerprint density at radius 1 is 1.04 bits per heavy atom. The van der Waals surface area contributed by atoms with Crippen molar-refractivity contribution in [2.75, 3.05) is 26.4 Å². The minimum absolute atomic E-state index is 0.192. The molecule has 1 aromatic rings. The molecule has 0 bridgehead atoms. The van der Waals surface area contributed by atoms with Crippen molar-refractivity contribution < 1.29 is 19.0 Å². The van der Waals surface area contributed by atoms with Crippen molar-refractivity contribution >= 4 is 29.5 Å². The largest absolute Gasteiger partial charge is 0.493 e. The number of unbranched alkanes of at least 4 members (excludes halogenated alkanes) is 3. The lowest BCUT2D eigenvalue weighted by Gasteiger charge is -2.15. The third-order valence-corrected chi connectivity index (χ3v) is 4.12. The molecule has 0 N–H and O–H groups in total. The summed E-state index contributed by atoms with van der Waals surface area (Å²) in [5.41, 5.74) is 2.19. The summed E-state index contributed by atoms with van der Waals surface area (Å²) in [5, 5.41) is 0. The third-order valence-electron chi connectivity index (χ3n) is 3.81. The molecule has 0 aliphatic carbocycles. The monoisotopic (exact) mass is 402 g/mol. The minimum atomic E-state index is 0.192. The number of carbonyl (C=O) groups excluding carboxylic acids is 1. The second-order valence-corrected chi connectivity index (χ2v) is 6.90. The summed E-state index contributed by atoms with van der Waals surface area (Å²) in [4.78, 5) is 10.1. The van der Waals surface area contributed by atoms with Gasteiger partial charge in [-0.2, -0.15) is 0 Å². The number of carbonyl (C=O) groups is 1. The molecule has 0 unspecified atom stereocenters. The fraction of sp³-hybridized carbons (Fsp3) is 0.550. The molecule has 0 aliphatic rings. The first-order valence-electron chi connectivity index (χ1n) is 9.00. The maximum Gasteiger partial charge on any atom is 0.145 e. The van der Waals surface area contributed by atoms with Gasteiger partial charge < -0.3 is 19.0 Å². The molecule has 0 aliphatic heterocycles. The van der Waals surface area contributed by atoms with E-state index in [1.807, 2.05) is 19.1 Å². The second-order valence-electron chi connectivity index (χ2n) is 5.89. The Bertz CT molecular complexity index is 569. The first-order chi connectivity index (χ1) is 12.6. The van der Waals surface area contributed by atoms with Crippen LogP contribution in [0.2, 0.25) is 0 Å². The Morgan fingerprint density at radius 3 is 2.42 bits per heavy atom. The van der Waals surface area contributed by atoms with Crippen LogP contribution in [0.4, 0.5) is 0 Å². The molecule has 4 nitrogen and oxygen atoms in total. The van der Waals surface area contributed by atoms with Crippen LogP contribution in [0.15, 0.2) is 22.7 Å². The summed E-state index contributed by atoms with van der Waals surface area (Å²) >= 11 is 11.2. The Balaban J connectivity index is 2.41. The van der Waals surface area contributed by atoms with E-state index >= 15 is 0 Å². The van der Waals surface area contributed by atoms with Crippen molar-refractivity contribution in [3.05, 3.63) is 33.8 Å². The molecular weight excluding hydrogens is 375 g/mol. The van der Waals surface area contributed by atoms with Gasteiger partial charge in [-0.05, 0) is 61.9 Å². The van der Waals surface area contributed by atoms with E-state index in [1.54, 1.807) is 6.08 Å². The van der Waals surface area contributed by atoms with Crippen molar-refractivity contribution in [3.63, 3.8) is 0 Å². The lowest BCUT2D eigenvalue weighted by Crippen LogP contribution is -2.04. The highest BCUT2D eigenvalue weighted by atomic mass is 35.5. The number of aryl methyl sites for hydroxylation is 2. The average molecular weight is 403 g/mol. The smallest absolute Gasteiger partial charge is 0.145 e. The average Bonchev–Trinajstić information content (AvgIpc) is 2.61. The molecule has 146 valence electrons. The molecule has 6 heteroatoms. The van der Waals surface area contributed by atoms with Gasteiger partial charge in [0.25, 0.3) is 0 Å². The molecule has 0 atom stereocenters. The summed E-state index contributed by atoms with van der Waals surface area (Å²) in [6, 6.07) is 3.97. The van der Waals surface area contributed by atoms with Crippen LogP contribution < -0.4 is 9.47 Å². The number of aldehydes is 1. The van der Waals surface area contributed by atoms with Crippen LogP contribution in [0.1, 0.15) is 43.7 Å². The van der Waals surface area contributed by atoms with Gasteiger partial charge in [-0.25, -0.2) is 0 Å². The number of rotatable bonds is 14. The highest BCUT2D eigenvalue weighted by Gasteiger charge is 2.09. The SMILES string of the molecule is CCc1cc(OCC=C(Cl)Cl)cc(C)c1OCCCCCCOCC=O. The van der Waals surface area contributed by atoms with Gasteiger partial charge in [0, 0.05) is 6.61 Å². The van der Waals surface area contributed by atoms with E-state index in [4.69, 9.17) is 37.4 Å². The first-order valence-corrected chi connectivity index (χ1v) is 9.75. The van der Waals surface area contributed by atoms with Crippen LogP contribution >= 0.6 is 23.2 Å². The molecule has 0 amide bonds. The van der Waals surface area contributed by atoms with Gasteiger partial charge in [0.15, 0.2) is 0 Å². The zero-order chi connectivity index (χ0) is 19.2. The van der Waals surface area contributed by atoms with Crippen LogP contribution in [-0.2, 0) is 16.0 Å². The summed E-state index contributed by atoms with van der Waals surface area (Å²) in [5.74, 6) is 1.73. The van der Waals surface area contributed by atoms with E-state index in [-0.39, 0.29) is 11.1 Å². The van der Waals surface area contributed by atoms with Gasteiger partial charge in [-0.3, -0.25) is 0 Å². The Morgan fingerprint density at radius 2 is 1.77 bits per heavy atom. The zero-order valence-electron chi connectivity index (χ0n) is 15.6. The minimum Gasteiger partial charge on any atom is -0.493 e. The van der Waals surface area contributed by atoms with E-state index in [2.05, 4.69) is 6.92 Å². The topological polar surface area (TPSA) is 44.8 Å². The molecule has 26 heavy (non-hydrogen) atoms. The quantitative estimate of drug-likeness (QED) is 0.308. The lowest BCUT2D eigenvalue weighted by atomic mass is 10.1. The molecule has 0 heterocycles. The second kappa shape index (κ2) is 13.9. The van der Waals surface area contributed by atoms with E-state index in [9.17, 15) is 4.79 Å². The third kappa shape index (κ3) is 9.46. The molecule has 1 aromatic carbocycles. The number of hydrogen-bond acceptors (Lipinski definition) is 4. The lowest BCUT2D eigenvalue weighted by molar-refractivity contribution is -0.111. The summed E-state index contributed by atoms with van der Waals surface area (Å²) in [6.45, 7) is 5.98. The van der Waals surface area contributed by atoms with Crippen LogP contribution in [0.5, 0.6) is 11.5 Å². The van der Waals surface area contributed by atoms with Gasteiger partial charge in [-0.15, -0.1) is 0 Å². The highest BCUT2D eigenvalue weighted by Crippen LogP contribution is 2.30. The standard InChI is InChI=1S/C20H28Cl2O4/c1-3-17-15-18(25-12-8-19(21)22)14-16(2)20(17)26-11-7-5-4-6-10-24-13-9-23/h8-9,14-15H,3-7,10-13H2,1-2H3. The summed E-state index contributed by atoms with van der Waals surface area (Å²) in [7, 11) is 0. The van der Waals surface area contributed by atoms with Gasteiger partial charge in [0.2, 0.25) is 0 Å². The Labute approximate surface area is 166 Å². The maximum atomic E-state index is 10.1. The highest BCUT2D eigenvalue weighted by molar-refractivity contribution is 6.55. The van der Waals surface area contributed by atoms with E-state index in [0.717, 1.165) is 61.0 Å². The predicted octanol–water partition coefficient (Wildman–Crippen LogP) is 5.41. The molecule has 0 fully saturated rings. The number of hydrogen-bond donors (Lipinski definition) is 0. The normalized spacial score (nSPS) is 10.5. The summed E-state index contributed by atoms with van der Waals surface area (Å²) < 4.78 is 17.0. The summed E-state index contributed by atoms with van der Waals surface area (Å²) in [6.07, 6.45) is 7.38. The first kappa shape index (κ1) is 22.8. The number of halogens is 2. The van der Waals surface area contributed by atoms with Crippen molar-refractivity contribution in [3.8, 4) is 11.5 Å². The number of ether oxygens (including phenoxy) is 3. The van der Waals surface area contributed by atoms with Crippen LogP contribution in [-0.4, -0.2) is 32.7 Å².